The monoisotopic (exact) mass is 443 g/mol. The molecule has 0 fully saturated rings. The van der Waals surface area contributed by atoms with E-state index in [1.165, 1.54) is 16.5 Å². The summed E-state index contributed by atoms with van der Waals surface area (Å²) in [6.07, 6.45) is 2.11. The summed E-state index contributed by atoms with van der Waals surface area (Å²) in [7, 11) is 1.56. The number of hydrogen-bond acceptors (Lipinski definition) is 3. The number of rotatable bonds is 6. The molecule has 4 aromatic rings. The lowest BCUT2D eigenvalue weighted by atomic mass is 10.0. The van der Waals surface area contributed by atoms with Crippen molar-refractivity contribution in [2.45, 2.75) is 19.4 Å². The smallest absolute Gasteiger partial charge is 0.255 e. The summed E-state index contributed by atoms with van der Waals surface area (Å²) in [6, 6.07) is 23.1. The number of carbonyl (C=O) groups excluding carboxylic acids is 1. The highest BCUT2D eigenvalue weighted by molar-refractivity contribution is 6.30. The second-order valence-corrected chi connectivity index (χ2v) is 8.28. The fraction of sp³-hybridized carbons (Fsp3) is 0.148. The second kappa shape index (κ2) is 8.56. The molecular weight excluding hydrogens is 422 g/mol. The van der Waals surface area contributed by atoms with Crippen molar-refractivity contribution in [3.63, 3.8) is 0 Å². The standard InChI is InChI=1S/C27H22ClNO3/c1-31-25-15-20(10-14-24(25)32-16-17-5-11-21(28)12-6-17)27(30)29-23-13-9-19-8-7-18-3-2-4-22(23)26(18)19/h2-6,9-15H,7-8,16H2,1H3,(H,29,30). The summed E-state index contributed by atoms with van der Waals surface area (Å²) in [5.41, 5.74) is 5.00. The number of carbonyl (C=O) groups is 1. The maximum atomic E-state index is 13.0. The van der Waals surface area contributed by atoms with E-state index < -0.39 is 0 Å². The van der Waals surface area contributed by atoms with Gasteiger partial charge in [0.15, 0.2) is 11.5 Å². The van der Waals surface area contributed by atoms with Crippen molar-refractivity contribution < 1.29 is 14.3 Å². The summed E-state index contributed by atoms with van der Waals surface area (Å²) in [5.74, 6) is 0.891. The van der Waals surface area contributed by atoms with Crippen molar-refractivity contribution in [2.75, 3.05) is 12.4 Å². The second-order valence-electron chi connectivity index (χ2n) is 7.85. The van der Waals surface area contributed by atoms with Crippen LogP contribution in [0.3, 0.4) is 0 Å². The van der Waals surface area contributed by atoms with Crippen LogP contribution in [-0.2, 0) is 19.4 Å². The van der Waals surface area contributed by atoms with Crippen LogP contribution >= 0.6 is 11.6 Å². The van der Waals surface area contributed by atoms with Crippen LogP contribution in [0.25, 0.3) is 10.8 Å². The summed E-state index contributed by atoms with van der Waals surface area (Å²) < 4.78 is 11.4. The van der Waals surface area contributed by atoms with Gasteiger partial charge in [0.05, 0.1) is 7.11 Å². The Hall–Kier alpha value is -3.50. The summed E-state index contributed by atoms with van der Waals surface area (Å²) in [6.45, 7) is 0.375. The minimum Gasteiger partial charge on any atom is -0.493 e. The highest BCUT2D eigenvalue weighted by atomic mass is 35.5. The van der Waals surface area contributed by atoms with Crippen molar-refractivity contribution in [2.24, 2.45) is 0 Å². The van der Waals surface area contributed by atoms with Crippen molar-refractivity contribution in [3.05, 3.63) is 100 Å². The highest BCUT2D eigenvalue weighted by Gasteiger charge is 2.18. The first kappa shape index (κ1) is 20.4. The van der Waals surface area contributed by atoms with Crippen molar-refractivity contribution in [1.29, 1.82) is 0 Å². The Morgan fingerprint density at radius 3 is 2.50 bits per heavy atom. The maximum absolute atomic E-state index is 13.0. The van der Waals surface area contributed by atoms with E-state index in [1.807, 2.05) is 30.3 Å². The molecule has 0 spiro atoms. The Bertz CT molecular complexity index is 1300. The first-order valence-electron chi connectivity index (χ1n) is 10.5. The fourth-order valence-electron chi connectivity index (χ4n) is 4.22. The molecule has 0 aliphatic heterocycles. The molecule has 0 aromatic heterocycles. The zero-order valence-electron chi connectivity index (χ0n) is 17.7. The van der Waals surface area contributed by atoms with Gasteiger partial charge in [-0.2, -0.15) is 0 Å². The molecule has 160 valence electrons. The molecule has 0 saturated carbocycles. The van der Waals surface area contributed by atoms with Gasteiger partial charge in [0.25, 0.3) is 5.91 Å². The lowest BCUT2D eigenvalue weighted by molar-refractivity contribution is 0.102. The van der Waals surface area contributed by atoms with Crippen LogP contribution < -0.4 is 14.8 Å². The summed E-state index contributed by atoms with van der Waals surface area (Å²) in [5, 5.41) is 6.11. The molecule has 5 rings (SSSR count). The largest absolute Gasteiger partial charge is 0.493 e. The average Bonchev–Trinajstić information content (AvgIpc) is 3.25. The van der Waals surface area contributed by atoms with Crippen LogP contribution in [0.5, 0.6) is 11.5 Å². The van der Waals surface area contributed by atoms with Crippen molar-refractivity contribution in [1.82, 2.24) is 0 Å². The van der Waals surface area contributed by atoms with Gasteiger partial charge >= 0.3 is 0 Å². The SMILES string of the molecule is COc1cc(C(=O)Nc2ccc3c4c(cccc24)CC3)ccc1OCc1ccc(Cl)cc1. The van der Waals surface area contributed by atoms with Gasteiger partial charge in [0.2, 0.25) is 0 Å². The van der Waals surface area contributed by atoms with Gasteiger partial charge in [0, 0.05) is 21.7 Å². The van der Waals surface area contributed by atoms with E-state index in [0.717, 1.165) is 29.5 Å². The number of methoxy groups -OCH3 is 1. The zero-order valence-corrected chi connectivity index (χ0v) is 18.4. The van der Waals surface area contributed by atoms with Crippen molar-refractivity contribution in [3.8, 4) is 11.5 Å². The van der Waals surface area contributed by atoms with Crippen LogP contribution in [-0.4, -0.2) is 13.0 Å². The molecule has 1 aliphatic carbocycles. The predicted molar refractivity (Wildman–Crippen MR) is 128 cm³/mol. The van der Waals surface area contributed by atoms with E-state index in [4.69, 9.17) is 21.1 Å². The van der Waals surface area contributed by atoms with Crippen molar-refractivity contribution >= 4 is 34.0 Å². The number of ether oxygens (including phenoxy) is 2. The molecule has 1 amide bonds. The highest BCUT2D eigenvalue weighted by Crippen LogP contribution is 2.35. The van der Waals surface area contributed by atoms with Crippen LogP contribution in [0.1, 0.15) is 27.0 Å². The Morgan fingerprint density at radius 2 is 1.72 bits per heavy atom. The van der Waals surface area contributed by atoms with Gasteiger partial charge in [-0.15, -0.1) is 0 Å². The van der Waals surface area contributed by atoms with Crippen LogP contribution in [0.4, 0.5) is 5.69 Å². The van der Waals surface area contributed by atoms with Gasteiger partial charge in [-0.3, -0.25) is 4.79 Å². The molecule has 0 heterocycles. The normalized spacial score (nSPS) is 12.1. The van der Waals surface area contributed by atoms with Gasteiger partial charge < -0.3 is 14.8 Å². The number of anilines is 1. The van der Waals surface area contributed by atoms with E-state index in [2.05, 4.69) is 29.6 Å². The summed E-state index contributed by atoms with van der Waals surface area (Å²) >= 11 is 5.93. The molecule has 1 aliphatic rings. The molecule has 1 N–H and O–H groups in total. The third-order valence-electron chi connectivity index (χ3n) is 5.86. The Labute approximate surface area is 191 Å². The molecule has 0 saturated heterocycles. The molecule has 32 heavy (non-hydrogen) atoms. The van der Waals surface area contributed by atoms with Crippen LogP contribution in [0.2, 0.25) is 5.02 Å². The van der Waals surface area contributed by atoms with Crippen LogP contribution in [0.15, 0.2) is 72.8 Å². The number of nitrogens with one attached hydrogen (secondary N) is 1. The number of aryl methyl sites for hydroxylation is 2. The lowest BCUT2D eigenvalue weighted by Gasteiger charge is -2.14. The zero-order chi connectivity index (χ0) is 22.1. The van der Waals surface area contributed by atoms with Crippen LogP contribution in [0, 0.1) is 0 Å². The molecule has 0 unspecified atom stereocenters. The molecular formula is C27H22ClNO3. The minimum absolute atomic E-state index is 0.189. The maximum Gasteiger partial charge on any atom is 0.255 e. The van der Waals surface area contributed by atoms with Gasteiger partial charge in [-0.1, -0.05) is 48.0 Å². The number of halogens is 1. The lowest BCUT2D eigenvalue weighted by Crippen LogP contribution is -2.12. The Kier molecular flexibility index (Phi) is 5.46. The predicted octanol–water partition coefficient (Wildman–Crippen LogP) is 6.43. The Morgan fingerprint density at radius 1 is 0.938 bits per heavy atom. The number of hydrogen-bond donors (Lipinski definition) is 1. The minimum atomic E-state index is -0.189. The van der Waals surface area contributed by atoms with E-state index >= 15 is 0 Å². The topological polar surface area (TPSA) is 47.6 Å². The summed E-state index contributed by atoms with van der Waals surface area (Å²) in [4.78, 5) is 13.0. The van der Waals surface area contributed by atoms with E-state index in [-0.39, 0.29) is 5.91 Å². The molecule has 0 bridgehead atoms. The number of benzene rings is 4. The average molecular weight is 444 g/mol. The number of amides is 1. The molecule has 0 radical (unpaired) electrons. The molecule has 5 heteroatoms. The third kappa shape index (κ3) is 3.90. The third-order valence-corrected chi connectivity index (χ3v) is 6.11. The Balaban J connectivity index is 1.35. The van der Waals surface area contributed by atoms with Gasteiger partial charge in [-0.05, 0) is 71.3 Å². The van der Waals surface area contributed by atoms with E-state index in [1.54, 1.807) is 25.3 Å². The van der Waals surface area contributed by atoms with E-state index in [0.29, 0.717) is 28.7 Å². The first-order chi connectivity index (χ1) is 15.6. The molecule has 4 aromatic carbocycles. The van der Waals surface area contributed by atoms with E-state index in [9.17, 15) is 4.79 Å². The fourth-order valence-corrected chi connectivity index (χ4v) is 4.35. The molecule has 4 nitrogen and oxygen atoms in total. The van der Waals surface area contributed by atoms with Gasteiger partial charge in [-0.25, -0.2) is 0 Å². The first-order valence-corrected chi connectivity index (χ1v) is 10.9. The molecule has 0 atom stereocenters. The quantitative estimate of drug-likeness (QED) is 0.373. The van der Waals surface area contributed by atoms with Gasteiger partial charge in [0.1, 0.15) is 6.61 Å².